The van der Waals surface area contributed by atoms with E-state index in [-0.39, 0.29) is 5.91 Å². The Balaban J connectivity index is 1.56. The summed E-state index contributed by atoms with van der Waals surface area (Å²) >= 11 is 0. The second-order valence-corrected chi connectivity index (χ2v) is 6.43. The number of nitrogens with one attached hydrogen (secondary N) is 2. The standard InChI is InChI=1S/C18H20N2O/c1-11-2-3-12-4-5-13(9-14(12)8-11)18(21)20-17-10-15-6-7-16(17)19-15/h2-5,8-9,15-17,19H,6-7,10H2,1H3,(H,20,21). The fourth-order valence-corrected chi connectivity index (χ4v) is 3.74. The van der Waals surface area contributed by atoms with E-state index < -0.39 is 0 Å². The molecule has 2 aliphatic heterocycles. The van der Waals surface area contributed by atoms with Gasteiger partial charge in [-0.25, -0.2) is 0 Å². The SMILES string of the molecule is Cc1ccc2ccc(C(=O)NC3CC4CCC3N4)cc2c1. The molecule has 2 saturated heterocycles. The number of amides is 1. The van der Waals surface area contributed by atoms with Crippen LogP contribution in [0, 0.1) is 6.92 Å². The van der Waals surface area contributed by atoms with Gasteiger partial charge in [-0.15, -0.1) is 0 Å². The minimum absolute atomic E-state index is 0.0535. The van der Waals surface area contributed by atoms with Crippen molar-refractivity contribution in [3.63, 3.8) is 0 Å². The molecule has 21 heavy (non-hydrogen) atoms. The van der Waals surface area contributed by atoms with E-state index in [0.717, 1.165) is 17.4 Å². The van der Waals surface area contributed by atoms with Gasteiger partial charge in [0.2, 0.25) is 0 Å². The molecule has 2 N–H and O–H groups in total. The van der Waals surface area contributed by atoms with Crippen molar-refractivity contribution in [2.24, 2.45) is 0 Å². The summed E-state index contributed by atoms with van der Waals surface area (Å²) in [4.78, 5) is 12.5. The summed E-state index contributed by atoms with van der Waals surface area (Å²) in [6, 6.07) is 13.7. The van der Waals surface area contributed by atoms with Gasteiger partial charge >= 0.3 is 0 Å². The van der Waals surface area contributed by atoms with Crippen molar-refractivity contribution in [3.05, 3.63) is 47.5 Å². The fourth-order valence-electron chi connectivity index (χ4n) is 3.74. The Bertz CT molecular complexity index is 709. The zero-order valence-electron chi connectivity index (χ0n) is 12.2. The molecule has 2 aromatic rings. The van der Waals surface area contributed by atoms with Crippen molar-refractivity contribution < 1.29 is 4.79 Å². The topological polar surface area (TPSA) is 41.1 Å². The summed E-state index contributed by atoms with van der Waals surface area (Å²) in [5.41, 5.74) is 1.98. The Kier molecular flexibility index (Phi) is 2.96. The molecule has 2 aliphatic rings. The van der Waals surface area contributed by atoms with E-state index in [4.69, 9.17) is 0 Å². The first-order valence-electron chi connectivity index (χ1n) is 7.76. The number of carbonyl (C=O) groups is 1. The van der Waals surface area contributed by atoms with Gasteiger partial charge in [0, 0.05) is 23.7 Å². The van der Waals surface area contributed by atoms with Gasteiger partial charge in [0.25, 0.3) is 5.91 Å². The molecular formula is C18H20N2O. The van der Waals surface area contributed by atoms with Crippen LogP contribution in [0.15, 0.2) is 36.4 Å². The average Bonchev–Trinajstić information content (AvgIpc) is 3.09. The van der Waals surface area contributed by atoms with Gasteiger partial charge in [0.15, 0.2) is 0 Å². The molecule has 3 atom stereocenters. The largest absolute Gasteiger partial charge is 0.348 e. The lowest BCUT2D eigenvalue weighted by Crippen LogP contribution is -2.42. The number of rotatable bonds is 2. The molecule has 3 nitrogen and oxygen atoms in total. The second-order valence-electron chi connectivity index (χ2n) is 6.43. The molecule has 108 valence electrons. The van der Waals surface area contributed by atoms with Crippen molar-refractivity contribution >= 4 is 16.7 Å². The molecule has 0 saturated carbocycles. The number of benzene rings is 2. The average molecular weight is 280 g/mol. The molecule has 2 fully saturated rings. The predicted octanol–water partition coefficient (Wildman–Crippen LogP) is 2.77. The Morgan fingerprint density at radius 3 is 2.76 bits per heavy atom. The number of hydrogen-bond acceptors (Lipinski definition) is 2. The van der Waals surface area contributed by atoms with Crippen molar-refractivity contribution in [1.82, 2.24) is 10.6 Å². The molecule has 0 spiro atoms. The van der Waals surface area contributed by atoms with Crippen LogP contribution in [0.25, 0.3) is 10.8 Å². The molecule has 2 aromatic carbocycles. The maximum absolute atomic E-state index is 12.5. The first-order chi connectivity index (χ1) is 10.2. The van der Waals surface area contributed by atoms with Crippen LogP contribution in [0.2, 0.25) is 0 Å². The highest BCUT2D eigenvalue weighted by molar-refractivity contribution is 5.98. The van der Waals surface area contributed by atoms with E-state index in [1.165, 1.54) is 23.8 Å². The molecule has 1 amide bonds. The van der Waals surface area contributed by atoms with E-state index >= 15 is 0 Å². The minimum Gasteiger partial charge on any atom is -0.348 e. The second kappa shape index (κ2) is 4.85. The van der Waals surface area contributed by atoms with Crippen LogP contribution in [0.1, 0.15) is 35.2 Å². The smallest absolute Gasteiger partial charge is 0.251 e. The predicted molar refractivity (Wildman–Crippen MR) is 84.5 cm³/mol. The third-order valence-corrected chi connectivity index (χ3v) is 4.87. The van der Waals surface area contributed by atoms with Gasteiger partial charge in [-0.05, 0) is 49.1 Å². The van der Waals surface area contributed by atoms with Crippen molar-refractivity contribution in [2.45, 2.75) is 44.3 Å². The molecule has 0 aliphatic carbocycles. The van der Waals surface area contributed by atoms with Crippen LogP contribution < -0.4 is 10.6 Å². The first-order valence-corrected chi connectivity index (χ1v) is 7.76. The molecule has 4 rings (SSSR count). The lowest BCUT2D eigenvalue weighted by Gasteiger charge is -2.21. The lowest BCUT2D eigenvalue weighted by atomic mass is 9.95. The maximum Gasteiger partial charge on any atom is 0.251 e. The Hall–Kier alpha value is -1.87. The molecule has 3 heteroatoms. The highest BCUT2D eigenvalue weighted by atomic mass is 16.1. The van der Waals surface area contributed by atoms with Crippen LogP contribution >= 0.6 is 0 Å². The summed E-state index contributed by atoms with van der Waals surface area (Å²) in [5, 5.41) is 9.07. The zero-order chi connectivity index (χ0) is 14.4. The lowest BCUT2D eigenvalue weighted by molar-refractivity contribution is 0.0931. The Morgan fingerprint density at radius 2 is 2.00 bits per heavy atom. The Labute approximate surface area is 124 Å². The van der Waals surface area contributed by atoms with Crippen molar-refractivity contribution in [3.8, 4) is 0 Å². The molecule has 2 bridgehead atoms. The van der Waals surface area contributed by atoms with E-state index in [1.54, 1.807) is 0 Å². The summed E-state index contributed by atoms with van der Waals surface area (Å²) in [6.45, 7) is 2.08. The van der Waals surface area contributed by atoms with Gasteiger partial charge in [-0.1, -0.05) is 29.8 Å². The highest BCUT2D eigenvalue weighted by Crippen LogP contribution is 2.28. The van der Waals surface area contributed by atoms with E-state index in [2.05, 4.69) is 35.8 Å². The van der Waals surface area contributed by atoms with Gasteiger partial charge in [0.1, 0.15) is 0 Å². The number of hydrogen-bond donors (Lipinski definition) is 2. The fraction of sp³-hybridized carbons (Fsp3) is 0.389. The number of carbonyl (C=O) groups excluding carboxylic acids is 1. The third kappa shape index (κ3) is 2.32. The quantitative estimate of drug-likeness (QED) is 0.888. The van der Waals surface area contributed by atoms with Crippen LogP contribution in [0.3, 0.4) is 0 Å². The first kappa shape index (κ1) is 12.8. The minimum atomic E-state index is 0.0535. The summed E-state index contributed by atoms with van der Waals surface area (Å²) in [6.07, 6.45) is 3.52. The number of aryl methyl sites for hydroxylation is 1. The summed E-state index contributed by atoms with van der Waals surface area (Å²) in [5.74, 6) is 0.0535. The molecule has 0 aromatic heterocycles. The molecule has 2 heterocycles. The zero-order valence-corrected chi connectivity index (χ0v) is 12.2. The normalized spacial score (nSPS) is 27.2. The van der Waals surface area contributed by atoms with E-state index in [9.17, 15) is 4.79 Å². The van der Waals surface area contributed by atoms with Gasteiger partial charge in [0.05, 0.1) is 0 Å². The monoisotopic (exact) mass is 280 g/mol. The maximum atomic E-state index is 12.5. The molecule has 3 unspecified atom stereocenters. The van der Waals surface area contributed by atoms with Gasteiger partial charge in [-0.3, -0.25) is 4.79 Å². The molecular weight excluding hydrogens is 260 g/mol. The summed E-state index contributed by atoms with van der Waals surface area (Å²) in [7, 11) is 0. The van der Waals surface area contributed by atoms with Crippen molar-refractivity contribution in [1.29, 1.82) is 0 Å². The van der Waals surface area contributed by atoms with Gasteiger partial charge < -0.3 is 10.6 Å². The van der Waals surface area contributed by atoms with Crippen LogP contribution in [0.4, 0.5) is 0 Å². The Morgan fingerprint density at radius 1 is 1.14 bits per heavy atom. The van der Waals surface area contributed by atoms with E-state index in [0.29, 0.717) is 18.1 Å². The van der Waals surface area contributed by atoms with E-state index in [1.807, 2.05) is 18.2 Å². The third-order valence-electron chi connectivity index (χ3n) is 4.87. The van der Waals surface area contributed by atoms with Crippen LogP contribution in [0.5, 0.6) is 0 Å². The molecule has 0 radical (unpaired) electrons. The number of fused-ring (bicyclic) bond motifs is 3. The van der Waals surface area contributed by atoms with Gasteiger partial charge in [-0.2, -0.15) is 0 Å². The van der Waals surface area contributed by atoms with Crippen LogP contribution in [-0.4, -0.2) is 24.0 Å². The summed E-state index contributed by atoms with van der Waals surface area (Å²) < 4.78 is 0. The van der Waals surface area contributed by atoms with Crippen molar-refractivity contribution in [2.75, 3.05) is 0 Å². The highest BCUT2D eigenvalue weighted by Gasteiger charge is 2.39. The van der Waals surface area contributed by atoms with Crippen LogP contribution in [-0.2, 0) is 0 Å².